The zero-order valence-electron chi connectivity index (χ0n) is 21.7. The minimum absolute atomic E-state index is 0.163. The number of carboxylic acids is 1. The van der Waals surface area contributed by atoms with Crippen LogP contribution in [0.3, 0.4) is 0 Å². The molecule has 38 heavy (non-hydrogen) atoms. The van der Waals surface area contributed by atoms with Crippen LogP contribution in [0.5, 0.6) is 0 Å². The molecule has 6 nitrogen and oxygen atoms in total. The minimum Gasteiger partial charge on any atom is -0.478 e. The van der Waals surface area contributed by atoms with E-state index in [1.54, 1.807) is 19.1 Å². The van der Waals surface area contributed by atoms with Crippen LogP contribution in [0.15, 0.2) is 91.0 Å². The van der Waals surface area contributed by atoms with Crippen molar-refractivity contribution in [1.29, 1.82) is 0 Å². The third kappa shape index (κ3) is 5.41. The molecule has 1 aliphatic heterocycles. The molecule has 0 bridgehead atoms. The fraction of sp³-hybridized carbons (Fsp3) is 0.250. The number of carbonyl (C=O) groups excluding carboxylic acids is 1. The molecular formula is C32H33N3O3. The van der Waals surface area contributed by atoms with Crippen LogP contribution in [0, 0.1) is 12.8 Å². The molecule has 0 spiro atoms. The van der Waals surface area contributed by atoms with Crippen molar-refractivity contribution in [3.8, 4) is 0 Å². The highest BCUT2D eigenvalue weighted by atomic mass is 16.4. The van der Waals surface area contributed by atoms with Crippen molar-refractivity contribution in [1.82, 2.24) is 10.2 Å². The lowest BCUT2D eigenvalue weighted by Gasteiger charge is -2.23. The smallest absolute Gasteiger partial charge is 0.335 e. The van der Waals surface area contributed by atoms with Gasteiger partial charge >= 0.3 is 12.0 Å². The first kappa shape index (κ1) is 25.5. The number of aromatic carboxylic acids is 1. The average Bonchev–Trinajstić information content (AvgIpc) is 3.37. The topological polar surface area (TPSA) is 81.7 Å². The molecule has 6 heteroatoms. The quantitative estimate of drug-likeness (QED) is 0.269. The number of amides is 2. The molecule has 0 aliphatic carbocycles. The largest absolute Gasteiger partial charge is 0.478 e. The number of benzene rings is 4. The summed E-state index contributed by atoms with van der Waals surface area (Å²) in [7, 11) is 0. The standard InChI is InChI=1S/C32H33N3O3/c1-21-17-25(31(36)37)15-16-30(21)34-32(38)35-19-26(29(20-35)24-9-4-3-5-10-24)18-33-22(2)27-14-8-12-23-11-6-7-13-28(23)27/h3-17,22,26,29,33H,18-20H2,1-2H3,(H,34,38)(H,36,37)/t22-,26+,29-/m1/s1. The minimum atomic E-state index is -0.982. The predicted molar refractivity (Wildman–Crippen MR) is 152 cm³/mol. The number of carbonyl (C=O) groups is 2. The first-order valence-electron chi connectivity index (χ1n) is 13.1. The number of fused-ring (bicyclic) bond motifs is 1. The van der Waals surface area contributed by atoms with Crippen LogP contribution in [0.1, 0.15) is 45.9 Å². The van der Waals surface area contributed by atoms with Crippen LogP contribution in [0.2, 0.25) is 0 Å². The molecule has 0 aromatic heterocycles. The third-order valence-electron chi connectivity index (χ3n) is 7.65. The van der Waals surface area contributed by atoms with Crippen molar-refractivity contribution in [3.63, 3.8) is 0 Å². The van der Waals surface area contributed by atoms with E-state index < -0.39 is 5.97 Å². The molecule has 4 aromatic rings. The highest BCUT2D eigenvalue weighted by Crippen LogP contribution is 2.34. The summed E-state index contributed by atoms with van der Waals surface area (Å²) in [6.07, 6.45) is 0. The van der Waals surface area contributed by atoms with Gasteiger partial charge in [-0.05, 0) is 65.4 Å². The SMILES string of the molecule is Cc1cc(C(=O)O)ccc1NC(=O)N1C[C@H](CN[C@H](C)c2cccc3ccccc23)[C@@H](c2ccccc2)C1. The van der Waals surface area contributed by atoms with Gasteiger partial charge in [-0.1, -0.05) is 72.8 Å². The van der Waals surface area contributed by atoms with E-state index in [-0.39, 0.29) is 29.5 Å². The summed E-state index contributed by atoms with van der Waals surface area (Å²) in [5.41, 5.74) is 4.06. The Morgan fingerprint density at radius 2 is 1.68 bits per heavy atom. The Hall–Kier alpha value is -4.16. The zero-order chi connectivity index (χ0) is 26.6. The second kappa shape index (κ2) is 11.1. The second-order valence-corrected chi connectivity index (χ2v) is 10.1. The summed E-state index contributed by atoms with van der Waals surface area (Å²) in [6, 6.07) is 30.0. The van der Waals surface area contributed by atoms with Gasteiger partial charge < -0.3 is 20.6 Å². The number of aryl methyl sites for hydroxylation is 1. The predicted octanol–water partition coefficient (Wildman–Crippen LogP) is 6.44. The molecule has 0 saturated carbocycles. The van der Waals surface area contributed by atoms with Crippen molar-refractivity contribution < 1.29 is 14.7 Å². The Labute approximate surface area is 223 Å². The Kier molecular flexibility index (Phi) is 7.43. The molecule has 1 aliphatic rings. The molecule has 5 rings (SSSR count). The fourth-order valence-electron chi connectivity index (χ4n) is 5.52. The molecule has 2 amide bonds. The van der Waals surface area contributed by atoms with Crippen molar-refractivity contribution in [2.24, 2.45) is 5.92 Å². The van der Waals surface area contributed by atoms with Crippen LogP contribution in [0.4, 0.5) is 10.5 Å². The summed E-state index contributed by atoms with van der Waals surface area (Å²) in [6.45, 7) is 6.03. The van der Waals surface area contributed by atoms with E-state index in [1.807, 2.05) is 11.0 Å². The first-order valence-corrected chi connectivity index (χ1v) is 13.1. The van der Waals surface area contributed by atoms with Gasteiger partial charge in [0.15, 0.2) is 0 Å². The van der Waals surface area contributed by atoms with E-state index >= 15 is 0 Å². The molecule has 1 saturated heterocycles. The number of rotatable bonds is 7. The number of likely N-dealkylation sites (tertiary alicyclic amines) is 1. The van der Waals surface area contributed by atoms with Crippen LogP contribution in [0.25, 0.3) is 10.8 Å². The van der Waals surface area contributed by atoms with Gasteiger partial charge in [0.05, 0.1) is 5.56 Å². The fourth-order valence-corrected chi connectivity index (χ4v) is 5.52. The lowest BCUT2D eigenvalue weighted by Crippen LogP contribution is -2.34. The molecule has 4 aromatic carbocycles. The van der Waals surface area contributed by atoms with E-state index in [0.29, 0.717) is 18.8 Å². The van der Waals surface area contributed by atoms with Gasteiger partial charge in [0.1, 0.15) is 0 Å². The lowest BCUT2D eigenvalue weighted by atomic mass is 9.88. The summed E-state index contributed by atoms with van der Waals surface area (Å²) < 4.78 is 0. The van der Waals surface area contributed by atoms with E-state index in [0.717, 1.165) is 12.1 Å². The normalized spacial score (nSPS) is 17.9. The van der Waals surface area contributed by atoms with Crippen LogP contribution in [-0.2, 0) is 0 Å². The monoisotopic (exact) mass is 507 g/mol. The maximum atomic E-state index is 13.3. The molecule has 1 fully saturated rings. The summed E-state index contributed by atoms with van der Waals surface area (Å²) in [4.78, 5) is 26.4. The number of anilines is 1. The number of nitrogens with zero attached hydrogens (tertiary/aromatic N) is 1. The number of nitrogens with one attached hydrogen (secondary N) is 2. The number of urea groups is 1. The maximum absolute atomic E-state index is 13.3. The Morgan fingerprint density at radius 3 is 2.45 bits per heavy atom. The lowest BCUT2D eigenvalue weighted by molar-refractivity contribution is 0.0696. The molecule has 3 N–H and O–H groups in total. The van der Waals surface area contributed by atoms with Gasteiger partial charge in [-0.25, -0.2) is 9.59 Å². The number of hydrogen-bond donors (Lipinski definition) is 3. The summed E-state index contributed by atoms with van der Waals surface area (Å²) >= 11 is 0. The molecule has 0 unspecified atom stereocenters. The highest BCUT2D eigenvalue weighted by Gasteiger charge is 2.36. The van der Waals surface area contributed by atoms with Crippen LogP contribution < -0.4 is 10.6 Å². The molecule has 0 radical (unpaired) electrons. The first-order chi connectivity index (χ1) is 18.4. The van der Waals surface area contributed by atoms with Gasteiger partial charge in [0.25, 0.3) is 0 Å². The van der Waals surface area contributed by atoms with E-state index in [2.05, 4.69) is 84.3 Å². The van der Waals surface area contributed by atoms with Crippen LogP contribution >= 0.6 is 0 Å². The van der Waals surface area contributed by atoms with Gasteiger partial charge in [-0.3, -0.25) is 0 Å². The molecular weight excluding hydrogens is 474 g/mol. The number of carboxylic acid groups (broad SMARTS) is 1. The molecule has 194 valence electrons. The molecule has 3 atom stereocenters. The van der Waals surface area contributed by atoms with Crippen molar-refractivity contribution in [2.45, 2.75) is 25.8 Å². The number of hydrogen-bond acceptors (Lipinski definition) is 3. The third-order valence-corrected chi connectivity index (χ3v) is 7.65. The zero-order valence-corrected chi connectivity index (χ0v) is 21.7. The van der Waals surface area contributed by atoms with Crippen molar-refractivity contribution in [2.75, 3.05) is 25.0 Å². The van der Waals surface area contributed by atoms with E-state index in [1.165, 1.54) is 28.0 Å². The van der Waals surface area contributed by atoms with Gasteiger partial charge in [0.2, 0.25) is 0 Å². The van der Waals surface area contributed by atoms with Gasteiger partial charge in [0, 0.05) is 37.3 Å². The van der Waals surface area contributed by atoms with Crippen LogP contribution in [-0.4, -0.2) is 41.6 Å². The van der Waals surface area contributed by atoms with Gasteiger partial charge in [-0.2, -0.15) is 0 Å². The summed E-state index contributed by atoms with van der Waals surface area (Å²) in [5, 5.41) is 18.5. The Bertz CT molecular complexity index is 1450. The van der Waals surface area contributed by atoms with Crippen molar-refractivity contribution >= 4 is 28.5 Å². The molecule has 1 heterocycles. The van der Waals surface area contributed by atoms with E-state index in [4.69, 9.17) is 0 Å². The summed E-state index contributed by atoms with van der Waals surface area (Å²) in [5.74, 6) is -0.523. The highest BCUT2D eigenvalue weighted by molar-refractivity contribution is 5.93. The van der Waals surface area contributed by atoms with E-state index in [9.17, 15) is 14.7 Å². The maximum Gasteiger partial charge on any atom is 0.335 e. The Balaban J connectivity index is 1.31. The van der Waals surface area contributed by atoms with Crippen molar-refractivity contribution in [3.05, 3.63) is 113 Å². The van der Waals surface area contributed by atoms with Gasteiger partial charge in [-0.15, -0.1) is 0 Å². The Morgan fingerprint density at radius 1 is 0.947 bits per heavy atom. The average molecular weight is 508 g/mol. The second-order valence-electron chi connectivity index (χ2n) is 10.1.